The molecule has 1 amide bonds. The van der Waals surface area contributed by atoms with Crippen LogP contribution >= 0.6 is 0 Å². The number of hydrogen-bond donors (Lipinski definition) is 1. The summed E-state index contributed by atoms with van der Waals surface area (Å²) in [5, 5.41) is 2.87. The Hall–Kier alpha value is -3.81. The molecule has 4 rings (SSSR count). The number of hydrogen-bond acceptors (Lipinski definition) is 7. The molecule has 1 fully saturated rings. The van der Waals surface area contributed by atoms with Crippen molar-refractivity contribution in [2.24, 2.45) is 5.92 Å². The lowest BCUT2D eigenvalue weighted by Crippen LogP contribution is -2.21. The molecule has 3 aromatic rings. The van der Waals surface area contributed by atoms with Crippen molar-refractivity contribution in [3.05, 3.63) is 66.4 Å². The highest BCUT2D eigenvalue weighted by Gasteiger charge is 2.21. The fraction of sp³-hybridized carbons (Fsp3) is 0.320. The topological polar surface area (TPSA) is 97.3 Å². The zero-order valence-electron chi connectivity index (χ0n) is 18.8. The van der Waals surface area contributed by atoms with E-state index in [2.05, 4.69) is 32.1 Å². The number of benzene rings is 1. The lowest BCUT2D eigenvalue weighted by Gasteiger charge is -2.17. The second kappa shape index (κ2) is 10.2. The maximum atomic E-state index is 13.1. The van der Waals surface area contributed by atoms with Crippen molar-refractivity contribution < 1.29 is 14.3 Å². The lowest BCUT2D eigenvalue weighted by molar-refractivity contribution is 0.0506. The molecule has 0 saturated carbocycles. The summed E-state index contributed by atoms with van der Waals surface area (Å²) in [5.74, 6) is 0.585. The van der Waals surface area contributed by atoms with Crippen LogP contribution in [-0.4, -0.2) is 46.5 Å². The largest absolute Gasteiger partial charge is 0.462 e. The number of ether oxygens (including phenoxy) is 1. The molecule has 1 aliphatic heterocycles. The van der Waals surface area contributed by atoms with Gasteiger partial charge < -0.3 is 15.0 Å². The van der Waals surface area contributed by atoms with E-state index >= 15 is 0 Å². The van der Waals surface area contributed by atoms with Crippen LogP contribution in [-0.2, 0) is 4.74 Å². The van der Waals surface area contributed by atoms with Gasteiger partial charge in [0.2, 0.25) is 0 Å². The number of carbonyl (C=O) groups is 2. The molecule has 3 heterocycles. The number of nitrogens with one attached hydrogen (secondary N) is 1. The van der Waals surface area contributed by atoms with E-state index in [0.717, 1.165) is 36.5 Å². The van der Waals surface area contributed by atoms with Gasteiger partial charge in [-0.3, -0.25) is 4.79 Å². The molecule has 1 aliphatic rings. The van der Waals surface area contributed by atoms with Crippen LogP contribution in [0.2, 0.25) is 0 Å². The number of carbonyl (C=O) groups excluding carboxylic acids is 2. The molecular formula is C25H27N5O3. The van der Waals surface area contributed by atoms with Crippen LogP contribution in [0, 0.1) is 5.92 Å². The summed E-state index contributed by atoms with van der Waals surface area (Å²) in [6.07, 6.45) is 8.23. The van der Waals surface area contributed by atoms with E-state index in [9.17, 15) is 9.59 Å². The SMILES string of the molecule is CCCOC(=O)c1cc(-c2cncnc2)ccc1NC(=O)c1ccnc(N2CCC(C)C2)c1. The molecule has 1 unspecified atom stereocenters. The first kappa shape index (κ1) is 22.4. The Balaban J connectivity index is 1.60. The highest BCUT2D eigenvalue weighted by atomic mass is 16.5. The van der Waals surface area contributed by atoms with Gasteiger partial charge in [0.15, 0.2) is 0 Å². The number of nitrogens with zero attached hydrogens (tertiary/aromatic N) is 4. The van der Waals surface area contributed by atoms with Crippen molar-refractivity contribution in [1.29, 1.82) is 0 Å². The predicted octanol–water partition coefficient (Wildman–Crippen LogP) is 4.20. The quantitative estimate of drug-likeness (QED) is 0.544. The molecular weight excluding hydrogens is 418 g/mol. The number of esters is 1. The van der Waals surface area contributed by atoms with Gasteiger partial charge in [0, 0.05) is 42.8 Å². The van der Waals surface area contributed by atoms with E-state index in [-0.39, 0.29) is 11.5 Å². The van der Waals surface area contributed by atoms with Crippen LogP contribution < -0.4 is 10.2 Å². The van der Waals surface area contributed by atoms with E-state index in [0.29, 0.717) is 30.2 Å². The van der Waals surface area contributed by atoms with Crippen LogP contribution in [0.4, 0.5) is 11.5 Å². The number of rotatable bonds is 7. The summed E-state index contributed by atoms with van der Waals surface area (Å²) in [6.45, 7) is 6.29. The van der Waals surface area contributed by atoms with E-state index in [1.807, 2.05) is 13.0 Å². The Kier molecular flexibility index (Phi) is 6.92. The Bertz CT molecular complexity index is 1140. The number of amides is 1. The molecule has 0 radical (unpaired) electrons. The number of aromatic nitrogens is 3. The Morgan fingerprint density at radius 2 is 1.97 bits per heavy atom. The van der Waals surface area contributed by atoms with Crippen molar-refractivity contribution in [3.63, 3.8) is 0 Å². The van der Waals surface area contributed by atoms with Gasteiger partial charge in [-0.25, -0.2) is 19.7 Å². The van der Waals surface area contributed by atoms with Crippen molar-refractivity contribution >= 4 is 23.4 Å². The van der Waals surface area contributed by atoms with E-state index in [1.54, 1.807) is 42.9 Å². The van der Waals surface area contributed by atoms with E-state index < -0.39 is 5.97 Å². The molecule has 170 valence electrons. The minimum Gasteiger partial charge on any atom is -0.462 e. The molecule has 0 aliphatic carbocycles. The third-order valence-electron chi connectivity index (χ3n) is 5.57. The highest BCUT2D eigenvalue weighted by Crippen LogP contribution is 2.27. The molecule has 33 heavy (non-hydrogen) atoms. The molecule has 1 saturated heterocycles. The molecule has 0 spiro atoms. The second-order valence-corrected chi connectivity index (χ2v) is 8.22. The van der Waals surface area contributed by atoms with Crippen molar-refractivity contribution in [2.75, 3.05) is 29.9 Å². The normalized spacial score (nSPS) is 15.3. The van der Waals surface area contributed by atoms with Crippen molar-refractivity contribution in [2.45, 2.75) is 26.7 Å². The molecule has 8 heteroatoms. The fourth-order valence-electron chi connectivity index (χ4n) is 3.79. The van der Waals surface area contributed by atoms with Crippen molar-refractivity contribution in [1.82, 2.24) is 15.0 Å². The first-order valence-electron chi connectivity index (χ1n) is 11.1. The second-order valence-electron chi connectivity index (χ2n) is 8.22. The summed E-state index contributed by atoms with van der Waals surface area (Å²) in [4.78, 5) is 40.5. The fourth-order valence-corrected chi connectivity index (χ4v) is 3.79. The third-order valence-corrected chi connectivity index (χ3v) is 5.57. The lowest BCUT2D eigenvalue weighted by atomic mass is 10.0. The van der Waals surface area contributed by atoms with Gasteiger partial charge in [0.05, 0.1) is 17.9 Å². The zero-order valence-corrected chi connectivity index (χ0v) is 18.8. The van der Waals surface area contributed by atoms with Crippen LogP contribution in [0.3, 0.4) is 0 Å². The first-order valence-corrected chi connectivity index (χ1v) is 11.1. The van der Waals surface area contributed by atoms with Crippen LogP contribution in [0.1, 0.15) is 47.4 Å². The maximum Gasteiger partial charge on any atom is 0.340 e. The number of pyridine rings is 1. The highest BCUT2D eigenvalue weighted by molar-refractivity contribution is 6.08. The summed E-state index contributed by atoms with van der Waals surface area (Å²) in [6, 6.07) is 8.67. The predicted molar refractivity (Wildman–Crippen MR) is 126 cm³/mol. The Labute approximate surface area is 193 Å². The molecule has 1 aromatic carbocycles. The maximum absolute atomic E-state index is 13.1. The van der Waals surface area contributed by atoms with Gasteiger partial charge in [-0.1, -0.05) is 19.9 Å². The Morgan fingerprint density at radius 1 is 1.15 bits per heavy atom. The zero-order chi connectivity index (χ0) is 23.2. The molecule has 2 aromatic heterocycles. The van der Waals surface area contributed by atoms with E-state index in [4.69, 9.17) is 4.74 Å². The summed E-state index contributed by atoms with van der Waals surface area (Å²) in [5.41, 5.74) is 2.66. The smallest absolute Gasteiger partial charge is 0.340 e. The minimum absolute atomic E-state index is 0.279. The minimum atomic E-state index is -0.493. The first-order chi connectivity index (χ1) is 16.0. The standard InChI is InChI=1S/C25H27N5O3/c1-3-10-33-25(32)21-11-18(20-13-26-16-27-14-20)4-5-22(21)29-24(31)19-6-8-28-23(12-19)30-9-7-17(2)15-30/h4-6,8,11-14,16-17H,3,7,9-10,15H2,1-2H3,(H,29,31). The molecule has 1 atom stereocenters. The van der Waals surface area contributed by atoms with Crippen molar-refractivity contribution in [3.8, 4) is 11.1 Å². The van der Waals surface area contributed by atoms with Gasteiger partial charge in [-0.15, -0.1) is 0 Å². The van der Waals surface area contributed by atoms with Crippen LogP contribution in [0.5, 0.6) is 0 Å². The molecule has 1 N–H and O–H groups in total. The Morgan fingerprint density at radius 3 is 2.70 bits per heavy atom. The number of anilines is 2. The summed E-state index contributed by atoms with van der Waals surface area (Å²) in [7, 11) is 0. The van der Waals surface area contributed by atoms with Gasteiger partial charge in [-0.05, 0) is 48.6 Å². The summed E-state index contributed by atoms with van der Waals surface area (Å²) < 4.78 is 5.35. The average molecular weight is 446 g/mol. The summed E-state index contributed by atoms with van der Waals surface area (Å²) >= 11 is 0. The average Bonchev–Trinajstić information content (AvgIpc) is 3.29. The van der Waals surface area contributed by atoms with E-state index in [1.165, 1.54) is 6.33 Å². The molecule has 8 nitrogen and oxygen atoms in total. The van der Waals surface area contributed by atoms with Crippen LogP contribution in [0.25, 0.3) is 11.1 Å². The van der Waals surface area contributed by atoms with Crippen LogP contribution in [0.15, 0.2) is 55.2 Å². The van der Waals surface area contributed by atoms with Gasteiger partial charge in [0.1, 0.15) is 12.1 Å². The third kappa shape index (κ3) is 5.34. The van der Waals surface area contributed by atoms with Gasteiger partial charge in [0.25, 0.3) is 5.91 Å². The van der Waals surface area contributed by atoms with Gasteiger partial charge in [-0.2, -0.15) is 0 Å². The monoisotopic (exact) mass is 445 g/mol. The van der Waals surface area contributed by atoms with Gasteiger partial charge >= 0.3 is 5.97 Å². The molecule has 0 bridgehead atoms.